The lowest BCUT2D eigenvalue weighted by Crippen LogP contribution is -2.66. The van der Waals surface area contributed by atoms with Crippen molar-refractivity contribution in [2.75, 3.05) is 20.2 Å². The summed E-state index contributed by atoms with van der Waals surface area (Å²) in [4.78, 5) is 12.3. The zero-order valence-corrected chi connectivity index (χ0v) is 19.0. The van der Waals surface area contributed by atoms with Crippen LogP contribution in [0.2, 0.25) is 0 Å². The van der Waals surface area contributed by atoms with Crippen molar-refractivity contribution in [3.05, 3.63) is 11.6 Å². The van der Waals surface area contributed by atoms with Crippen LogP contribution in [0, 0.1) is 28.6 Å². The van der Waals surface area contributed by atoms with E-state index in [9.17, 15) is 4.79 Å². The first-order valence-corrected chi connectivity index (χ1v) is 12.2. The Morgan fingerprint density at radius 2 is 1.86 bits per heavy atom. The first-order chi connectivity index (χ1) is 13.9. The van der Waals surface area contributed by atoms with E-state index in [-0.39, 0.29) is 29.2 Å². The van der Waals surface area contributed by atoms with E-state index < -0.39 is 11.4 Å². The molecule has 29 heavy (non-hydrogen) atoms. The predicted molar refractivity (Wildman–Crippen MR) is 109 cm³/mol. The van der Waals surface area contributed by atoms with E-state index in [0.717, 1.165) is 25.7 Å². The van der Waals surface area contributed by atoms with Gasteiger partial charge in [0.1, 0.15) is 12.2 Å². The number of alkyl halides is 1. The molecular formula is C23H31BrO5. The molecule has 160 valence electrons. The number of ketones is 1. The average molecular weight is 467 g/mol. The summed E-state index contributed by atoms with van der Waals surface area (Å²) < 4.78 is 24.4. The molecule has 2 heterocycles. The first kappa shape index (κ1) is 19.4. The van der Waals surface area contributed by atoms with Crippen molar-refractivity contribution >= 4 is 21.7 Å². The number of carbonyl (C=O) groups excluding carboxylic acids is 1. The summed E-state index contributed by atoms with van der Waals surface area (Å²) in [6.07, 6.45) is 9.34. The second kappa shape index (κ2) is 6.16. The molecule has 2 saturated heterocycles. The number of fused-ring (bicyclic) bond motifs is 7. The molecule has 0 aromatic heterocycles. The van der Waals surface area contributed by atoms with E-state index >= 15 is 0 Å². The number of hydrogen-bond donors (Lipinski definition) is 0. The summed E-state index contributed by atoms with van der Waals surface area (Å²) in [6.45, 7) is 5.85. The normalized spacial score (nSPS) is 56.4. The van der Waals surface area contributed by atoms with Gasteiger partial charge in [0.25, 0.3) is 0 Å². The molecule has 0 unspecified atom stereocenters. The summed E-state index contributed by atoms with van der Waals surface area (Å²) in [7, 11) is 0. The van der Waals surface area contributed by atoms with E-state index in [1.54, 1.807) is 0 Å². The van der Waals surface area contributed by atoms with E-state index in [1.807, 2.05) is 6.08 Å². The highest BCUT2D eigenvalue weighted by molar-refractivity contribution is 9.09. The smallest absolute Gasteiger partial charge is 0.227 e. The second-order valence-corrected chi connectivity index (χ2v) is 11.7. The number of halogens is 1. The Labute approximate surface area is 181 Å². The maximum Gasteiger partial charge on any atom is 0.227 e. The number of ether oxygens (including phenoxy) is 4. The fourth-order valence-electron chi connectivity index (χ4n) is 8.54. The maximum atomic E-state index is 12.1. The molecule has 5 nitrogen and oxygen atoms in total. The summed E-state index contributed by atoms with van der Waals surface area (Å²) in [5, 5.41) is 0. The van der Waals surface area contributed by atoms with Gasteiger partial charge in [-0.25, -0.2) is 0 Å². The molecule has 4 aliphatic carbocycles. The van der Waals surface area contributed by atoms with Gasteiger partial charge in [-0.05, 0) is 67.8 Å². The lowest BCUT2D eigenvalue weighted by Gasteiger charge is -2.60. The second-order valence-electron chi connectivity index (χ2n) is 10.6. The average Bonchev–Trinajstić information content (AvgIpc) is 3.38. The summed E-state index contributed by atoms with van der Waals surface area (Å²) in [5.41, 5.74) is 1.08. The molecule has 5 fully saturated rings. The van der Waals surface area contributed by atoms with Crippen molar-refractivity contribution in [2.45, 2.75) is 75.0 Å². The SMILES string of the molecule is C[C@]12CCC(=O)C=C1CC[C@@H]1[C@@H]2CC[C@@]2(C)[C@H]1C[C@@H](Br)[C@@]21OCO[C@]12COCO2. The Balaban J connectivity index is 1.40. The monoisotopic (exact) mass is 466 g/mol. The van der Waals surface area contributed by atoms with Crippen molar-refractivity contribution in [3.63, 3.8) is 0 Å². The Kier molecular flexibility index (Phi) is 4.12. The van der Waals surface area contributed by atoms with Gasteiger partial charge < -0.3 is 18.9 Å². The molecule has 0 N–H and O–H groups in total. The van der Waals surface area contributed by atoms with E-state index in [0.29, 0.717) is 36.6 Å². The first-order valence-electron chi connectivity index (χ1n) is 11.2. The summed E-state index contributed by atoms with van der Waals surface area (Å²) >= 11 is 4.04. The van der Waals surface area contributed by atoms with Gasteiger partial charge in [-0.1, -0.05) is 35.4 Å². The van der Waals surface area contributed by atoms with E-state index in [2.05, 4.69) is 29.8 Å². The Morgan fingerprint density at radius 1 is 1.03 bits per heavy atom. The molecule has 8 atom stereocenters. The third kappa shape index (κ3) is 2.18. The van der Waals surface area contributed by atoms with Crippen molar-refractivity contribution in [2.24, 2.45) is 28.6 Å². The summed E-state index contributed by atoms with van der Waals surface area (Å²) in [5.74, 6) is 1.41. The fraction of sp³-hybridized carbons (Fsp3) is 0.870. The molecule has 6 rings (SSSR count). The minimum atomic E-state index is -0.793. The zero-order chi connectivity index (χ0) is 20.1. The highest BCUT2D eigenvalue weighted by Gasteiger charge is 2.78. The van der Waals surface area contributed by atoms with Crippen LogP contribution in [0.25, 0.3) is 0 Å². The Hall–Kier alpha value is -0.270. The van der Waals surface area contributed by atoms with Crippen LogP contribution < -0.4 is 0 Å². The molecular weight excluding hydrogens is 436 g/mol. The lowest BCUT2D eigenvalue weighted by molar-refractivity contribution is -0.246. The lowest BCUT2D eigenvalue weighted by atomic mass is 9.46. The number of allylic oxidation sites excluding steroid dienone is 1. The molecule has 0 amide bonds. The fourth-order valence-corrected chi connectivity index (χ4v) is 9.94. The minimum absolute atomic E-state index is 0.0192. The molecule has 2 aliphatic heterocycles. The molecule has 6 heteroatoms. The number of rotatable bonds is 0. The zero-order valence-electron chi connectivity index (χ0n) is 17.4. The molecule has 0 aromatic rings. The van der Waals surface area contributed by atoms with Crippen LogP contribution in [0.3, 0.4) is 0 Å². The van der Waals surface area contributed by atoms with Crippen LogP contribution in [0.1, 0.15) is 58.8 Å². The van der Waals surface area contributed by atoms with Gasteiger partial charge in [0, 0.05) is 11.8 Å². The van der Waals surface area contributed by atoms with Crippen molar-refractivity contribution < 1.29 is 23.7 Å². The van der Waals surface area contributed by atoms with Crippen LogP contribution in [0.4, 0.5) is 0 Å². The van der Waals surface area contributed by atoms with Crippen LogP contribution in [0.15, 0.2) is 11.6 Å². The highest BCUT2D eigenvalue weighted by atomic mass is 79.9. The Bertz CT molecular complexity index is 770. The van der Waals surface area contributed by atoms with E-state index in [4.69, 9.17) is 18.9 Å². The van der Waals surface area contributed by atoms with Crippen LogP contribution in [0.5, 0.6) is 0 Å². The van der Waals surface area contributed by atoms with Gasteiger partial charge in [0.15, 0.2) is 19.4 Å². The number of hydrogen-bond acceptors (Lipinski definition) is 5. The van der Waals surface area contributed by atoms with Crippen molar-refractivity contribution in [1.82, 2.24) is 0 Å². The van der Waals surface area contributed by atoms with Crippen LogP contribution in [-0.2, 0) is 23.7 Å². The largest absolute Gasteiger partial charge is 0.350 e. The minimum Gasteiger partial charge on any atom is -0.350 e. The number of carbonyl (C=O) groups is 1. The Morgan fingerprint density at radius 3 is 2.66 bits per heavy atom. The molecule has 0 bridgehead atoms. The van der Waals surface area contributed by atoms with Gasteiger partial charge >= 0.3 is 0 Å². The van der Waals surface area contributed by atoms with Gasteiger partial charge in [0.05, 0.1) is 4.83 Å². The van der Waals surface area contributed by atoms with Gasteiger partial charge in [0.2, 0.25) is 5.79 Å². The van der Waals surface area contributed by atoms with Crippen LogP contribution in [-0.4, -0.2) is 42.2 Å². The van der Waals surface area contributed by atoms with Crippen LogP contribution >= 0.6 is 15.9 Å². The van der Waals surface area contributed by atoms with Crippen molar-refractivity contribution in [1.29, 1.82) is 0 Å². The molecule has 3 saturated carbocycles. The molecule has 0 aromatic carbocycles. The maximum absolute atomic E-state index is 12.1. The third-order valence-electron chi connectivity index (χ3n) is 9.91. The molecule has 2 spiro atoms. The van der Waals surface area contributed by atoms with Gasteiger partial charge in [-0.3, -0.25) is 4.79 Å². The summed E-state index contributed by atoms with van der Waals surface area (Å²) in [6, 6.07) is 0. The quantitative estimate of drug-likeness (QED) is 0.497. The third-order valence-corrected chi connectivity index (χ3v) is 10.9. The van der Waals surface area contributed by atoms with E-state index in [1.165, 1.54) is 18.4 Å². The van der Waals surface area contributed by atoms with Gasteiger partial charge in [-0.15, -0.1) is 0 Å². The highest BCUT2D eigenvalue weighted by Crippen LogP contribution is 2.72. The topological polar surface area (TPSA) is 54.0 Å². The predicted octanol–water partition coefficient (Wildman–Crippen LogP) is 4.34. The molecule has 6 aliphatic rings. The van der Waals surface area contributed by atoms with Crippen molar-refractivity contribution in [3.8, 4) is 0 Å². The standard InChI is InChI=1S/C23H31BrO5/c1-20-7-5-15(25)9-14(20)3-4-16-17(20)6-8-21(2)18(16)10-19(24)23(21)22(28-13-29-23)11-26-12-27-22/h9,16-19H,3-8,10-13H2,1-2H3/t16-,17+,18+,19-,20+,21+,22-,23-/m1/s1. The molecule has 0 radical (unpaired) electrons. The van der Waals surface area contributed by atoms with Gasteiger partial charge in [-0.2, -0.15) is 0 Å².